The van der Waals surface area contributed by atoms with E-state index in [0.717, 1.165) is 12.1 Å². The van der Waals surface area contributed by atoms with E-state index < -0.39 is 17.5 Å². The Bertz CT molecular complexity index is 761. The maximum atomic E-state index is 13.8. The Balaban J connectivity index is 1.75. The van der Waals surface area contributed by atoms with Crippen LogP contribution >= 0.6 is 0 Å². The average molecular weight is 329 g/mol. The van der Waals surface area contributed by atoms with Crippen molar-refractivity contribution in [2.24, 2.45) is 5.92 Å². The molecule has 1 saturated heterocycles. The summed E-state index contributed by atoms with van der Waals surface area (Å²) in [6.07, 6.45) is 1.38. The van der Waals surface area contributed by atoms with Crippen LogP contribution in [0.25, 0.3) is 0 Å². The number of benzene rings is 2. The van der Waals surface area contributed by atoms with Gasteiger partial charge in [0.2, 0.25) is 0 Å². The smallest absolute Gasteiger partial charge is 0.256 e. The molecule has 3 rings (SSSR count). The fourth-order valence-electron chi connectivity index (χ4n) is 3.05. The van der Waals surface area contributed by atoms with E-state index >= 15 is 0 Å². The lowest BCUT2D eigenvalue weighted by atomic mass is 9.89. The number of rotatable bonds is 3. The van der Waals surface area contributed by atoms with Crippen molar-refractivity contribution in [1.29, 1.82) is 0 Å². The van der Waals surface area contributed by atoms with Gasteiger partial charge in [-0.1, -0.05) is 30.3 Å². The van der Waals surface area contributed by atoms with Crippen LogP contribution in [-0.4, -0.2) is 29.7 Å². The summed E-state index contributed by atoms with van der Waals surface area (Å²) in [7, 11) is 0. The van der Waals surface area contributed by atoms with Crippen LogP contribution in [0.4, 0.5) is 8.78 Å². The molecule has 0 aromatic heterocycles. The van der Waals surface area contributed by atoms with Crippen molar-refractivity contribution in [3.63, 3.8) is 0 Å². The molecule has 1 fully saturated rings. The maximum Gasteiger partial charge on any atom is 0.256 e. The highest BCUT2D eigenvalue weighted by molar-refractivity contribution is 5.99. The topological polar surface area (TPSA) is 37.4 Å². The number of ketones is 1. The Morgan fingerprint density at radius 1 is 1.04 bits per heavy atom. The molecule has 1 atom stereocenters. The van der Waals surface area contributed by atoms with E-state index in [2.05, 4.69) is 0 Å². The molecule has 0 bridgehead atoms. The van der Waals surface area contributed by atoms with Gasteiger partial charge >= 0.3 is 0 Å². The summed E-state index contributed by atoms with van der Waals surface area (Å²) in [5, 5.41) is 0. The molecule has 1 aliphatic heterocycles. The van der Waals surface area contributed by atoms with E-state index in [4.69, 9.17) is 0 Å². The van der Waals surface area contributed by atoms with Crippen molar-refractivity contribution in [3.05, 3.63) is 71.3 Å². The van der Waals surface area contributed by atoms with Gasteiger partial charge in [0, 0.05) is 30.6 Å². The van der Waals surface area contributed by atoms with E-state index in [-0.39, 0.29) is 23.8 Å². The van der Waals surface area contributed by atoms with E-state index in [0.29, 0.717) is 31.0 Å². The van der Waals surface area contributed by atoms with Gasteiger partial charge in [-0.3, -0.25) is 9.59 Å². The first-order valence-electron chi connectivity index (χ1n) is 7.90. The molecule has 2 aromatic rings. The number of nitrogens with zero attached hydrogens (tertiary/aromatic N) is 1. The molecule has 1 aliphatic rings. The lowest BCUT2D eigenvalue weighted by Gasteiger charge is -2.32. The molecule has 2 aromatic carbocycles. The van der Waals surface area contributed by atoms with Crippen LogP contribution in [0.2, 0.25) is 0 Å². The summed E-state index contributed by atoms with van der Waals surface area (Å²) in [4.78, 5) is 26.5. The van der Waals surface area contributed by atoms with Crippen molar-refractivity contribution in [2.75, 3.05) is 13.1 Å². The molecule has 0 N–H and O–H groups in total. The van der Waals surface area contributed by atoms with Gasteiger partial charge in [-0.05, 0) is 25.0 Å². The quantitative estimate of drug-likeness (QED) is 0.805. The number of carbonyl (C=O) groups is 2. The monoisotopic (exact) mass is 329 g/mol. The van der Waals surface area contributed by atoms with Crippen molar-refractivity contribution < 1.29 is 18.4 Å². The summed E-state index contributed by atoms with van der Waals surface area (Å²) >= 11 is 0. The minimum Gasteiger partial charge on any atom is -0.338 e. The summed E-state index contributed by atoms with van der Waals surface area (Å²) in [5.74, 6) is -2.41. The fraction of sp³-hybridized carbons (Fsp3) is 0.263. The van der Waals surface area contributed by atoms with Crippen LogP contribution < -0.4 is 0 Å². The fourth-order valence-corrected chi connectivity index (χ4v) is 3.05. The standard InChI is InChI=1S/C19H17F2NO2/c20-15-8-9-16(17(21)11-15)19(24)22-10-4-7-14(12-22)18(23)13-5-2-1-3-6-13/h1-3,5-6,8-9,11,14H,4,7,10,12H2/t14-/m0/s1. The summed E-state index contributed by atoms with van der Waals surface area (Å²) in [5.41, 5.74) is 0.453. The third kappa shape index (κ3) is 3.35. The van der Waals surface area contributed by atoms with Crippen LogP contribution in [0.5, 0.6) is 0 Å². The Hall–Kier alpha value is -2.56. The predicted molar refractivity (Wildman–Crippen MR) is 85.8 cm³/mol. The SMILES string of the molecule is O=C(c1ccccc1)[C@H]1CCCN(C(=O)c2ccc(F)cc2F)C1. The molecular weight excluding hydrogens is 312 g/mol. The first-order valence-corrected chi connectivity index (χ1v) is 7.90. The molecule has 0 saturated carbocycles. The summed E-state index contributed by atoms with van der Waals surface area (Å²) in [6.45, 7) is 0.720. The van der Waals surface area contributed by atoms with Gasteiger partial charge in [0.15, 0.2) is 5.78 Å². The lowest BCUT2D eigenvalue weighted by Crippen LogP contribution is -2.42. The molecule has 0 unspecified atom stereocenters. The Morgan fingerprint density at radius 3 is 2.50 bits per heavy atom. The summed E-state index contributed by atoms with van der Waals surface area (Å²) in [6, 6.07) is 11.8. The predicted octanol–water partition coefficient (Wildman–Crippen LogP) is 3.70. The van der Waals surface area contributed by atoms with Crippen molar-refractivity contribution in [1.82, 2.24) is 4.90 Å². The number of amides is 1. The molecule has 1 heterocycles. The van der Waals surface area contributed by atoms with Crippen LogP contribution in [0.15, 0.2) is 48.5 Å². The number of Topliss-reactive ketones (excluding diaryl/α,β-unsaturated/α-hetero) is 1. The number of halogens is 2. The summed E-state index contributed by atoms with van der Waals surface area (Å²) < 4.78 is 26.8. The van der Waals surface area contributed by atoms with E-state index in [1.165, 1.54) is 4.90 Å². The van der Waals surface area contributed by atoms with Gasteiger partial charge in [0.05, 0.1) is 5.56 Å². The number of hydrogen-bond donors (Lipinski definition) is 0. The zero-order chi connectivity index (χ0) is 17.1. The molecule has 0 aliphatic carbocycles. The zero-order valence-corrected chi connectivity index (χ0v) is 13.0. The van der Waals surface area contributed by atoms with E-state index in [1.807, 2.05) is 6.07 Å². The first-order chi connectivity index (χ1) is 11.6. The molecule has 1 amide bonds. The number of piperidine rings is 1. The molecule has 5 heteroatoms. The first kappa shape index (κ1) is 16.3. The number of likely N-dealkylation sites (tertiary alicyclic amines) is 1. The second-order valence-electron chi connectivity index (χ2n) is 5.94. The molecule has 0 radical (unpaired) electrons. The van der Waals surface area contributed by atoms with Gasteiger partial charge in [0.1, 0.15) is 11.6 Å². The Morgan fingerprint density at radius 2 is 1.79 bits per heavy atom. The second-order valence-corrected chi connectivity index (χ2v) is 5.94. The maximum absolute atomic E-state index is 13.8. The minimum absolute atomic E-state index is 0.00678. The van der Waals surface area contributed by atoms with E-state index in [9.17, 15) is 18.4 Å². The minimum atomic E-state index is -0.878. The Labute approximate surface area is 138 Å². The third-order valence-electron chi connectivity index (χ3n) is 4.30. The van der Waals surface area contributed by atoms with Gasteiger partial charge < -0.3 is 4.90 Å². The van der Waals surface area contributed by atoms with Gasteiger partial charge in [-0.2, -0.15) is 0 Å². The zero-order valence-electron chi connectivity index (χ0n) is 13.0. The number of hydrogen-bond acceptors (Lipinski definition) is 2. The Kier molecular flexibility index (Phi) is 4.69. The second kappa shape index (κ2) is 6.91. The highest BCUT2D eigenvalue weighted by Gasteiger charge is 2.30. The van der Waals surface area contributed by atoms with Gasteiger partial charge in [-0.25, -0.2) is 8.78 Å². The molecular formula is C19H17F2NO2. The third-order valence-corrected chi connectivity index (χ3v) is 4.30. The van der Waals surface area contributed by atoms with Crippen molar-refractivity contribution in [3.8, 4) is 0 Å². The molecule has 3 nitrogen and oxygen atoms in total. The molecule has 0 spiro atoms. The van der Waals surface area contributed by atoms with Crippen molar-refractivity contribution in [2.45, 2.75) is 12.8 Å². The van der Waals surface area contributed by atoms with Crippen LogP contribution in [0.3, 0.4) is 0 Å². The van der Waals surface area contributed by atoms with Gasteiger partial charge in [0.25, 0.3) is 5.91 Å². The average Bonchev–Trinajstić information content (AvgIpc) is 2.61. The largest absolute Gasteiger partial charge is 0.338 e. The molecule has 124 valence electrons. The molecule has 24 heavy (non-hydrogen) atoms. The van der Waals surface area contributed by atoms with Gasteiger partial charge in [-0.15, -0.1) is 0 Å². The normalized spacial score (nSPS) is 17.6. The highest BCUT2D eigenvalue weighted by Crippen LogP contribution is 2.23. The number of carbonyl (C=O) groups excluding carboxylic acids is 2. The van der Waals surface area contributed by atoms with Crippen LogP contribution in [0, 0.1) is 17.6 Å². The highest BCUT2D eigenvalue weighted by atomic mass is 19.1. The van der Waals surface area contributed by atoms with Crippen molar-refractivity contribution >= 4 is 11.7 Å². The van der Waals surface area contributed by atoms with E-state index in [1.54, 1.807) is 24.3 Å². The van der Waals surface area contributed by atoms with Crippen LogP contribution in [-0.2, 0) is 0 Å². The van der Waals surface area contributed by atoms with Crippen LogP contribution in [0.1, 0.15) is 33.6 Å². The lowest BCUT2D eigenvalue weighted by molar-refractivity contribution is 0.0633.